The summed E-state index contributed by atoms with van der Waals surface area (Å²) in [5.74, 6) is -0.124. The Morgan fingerprint density at radius 3 is 2.76 bits per heavy atom. The highest BCUT2D eigenvalue weighted by molar-refractivity contribution is 8.01. The van der Waals surface area contributed by atoms with Crippen molar-refractivity contribution in [2.24, 2.45) is 5.92 Å². The summed E-state index contributed by atoms with van der Waals surface area (Å²) in [4.78, 5) is 23.8. The minimum Gasteiger partial charge on any atom is -0.325 e. The van der Waals surface area contributed by atoms with Gasteiger partial charge in [0.25, 0.3) is 0 Å². The average Bonchev–Trinajstić information content (AvgIpc) is 3.03. The zero-order valence-corrected chi connectivity index (χ0v) is 16.5. The number of amides is 2. The molecule has 0 bridgehead atoms. The maximum atomic E-state index is 12.0. The monoisotopic (exact) mass is 398 g/mol. The molecule has 0 spiro atoms. The molecule has 0 aliphatic heterocycles. The van der Waals surface area contributed by atoms with E-state index in [9.17, 15) is 9.59 Å². The Hall–Kier alpha value is -1.64. The van der Waals surface area contributed by atoms with Crippen LogP contribution in [0.1, 0.15) is 25.8 Å². The molecule has 1 aromatic heterocycles. The molecule has 134 valence electrons. The maximum Gasteiger partial charge on any atom is 0.234 e. The van der Waals surface area contributed by atoms with Crippen molar-refractivity contribution in [3.05, 3.63) is 28.8 Å². The fourth-order valence-electron chi connectivity index (χ4n) is 1.73. The smallest absolute Gasteiger partial charge is 0.234 e. The number of hydrogen-bond donors (Lipinski definition) is 2. The molecule has 1 heterocycles. The van der Waals surface area contributed by atoms with E-state index in [4.69, 9.17) is 11.6 Å². The molecular weight excluding hydrogens is 380 g/mol. The van der Waals surface area contributed by atoms with E-state index in [0.717, 1.165) is 12.0 Å². The van der Waals surface area contributed by atoms with Crippen molar-refractivity contribution < 1.29 is 9.59 Å². The highest BCUT2D eigenvalue weighted by Crippen LogP contribution is 2.26. The van der Waals surface area contributed by atoms with Crippen LogP contribution in [0.15, 0.2) is 22.5 Å². The standard InChI is InChI=1S/C16H19ClN4O2S2/c1-4-9(2)14(23)19-15-20-21-16(25-15)24-8-13(22)18-11-6-5-10(3)12(17)7-11/h5-7,9H,4,8H2,1-3H3,(H,18,22)(H,19,20,23). The average molecular weight is 399 g/mol. The molecule has 0 aliphatic carbocycles. The zero-order chi connectivity index (χ0) is 18.4. The molecule has 1 unspecified atom stereocenters. The van der Waals surface area contributed by atoms with E-state index in [1.807, 2.05) is 26.8 Å². The topological polar surface area (TPSA) is 84.0 Å². The maximum absolute atomic E-state index is 12.0. The second-order valence-electron chi connectivity index (χ2n) is 5.47. The molecule has 0 saturated heterocycles. The molecule has 2 N–H and O–H groups in total. The molecule has 9 heteroatoms. The summed E-state index contributed by atoms with van der Waals surface area (Å²) in [5, 5.41) is 14.5. The molecule has 2 rings (SSSR count). The molecule has 1 atom stereocenters. The van der Waals surface area contributed by atoms with E-state index < -0.39 is 0 Å². The number of nitrogens with one attached hydrogen (secondary N) is 2. The Morgan fingerprint density at radius 1 is 1.32 bits per heavy atom. The van der Waals surface area contributed by atoms with E-state index in [1.54, 1.807) is 12.1 Å². The summed E-state index contributed by atoms with van der Waals surface area (Å²) in [6.45, 7) is 5.70. The molecule has 0 fully saturated rings. The molecular formula is C16H19ClN4O2S2. The van der Waals surface area contributed by atoms with Crippen LogP contribution in [0.4, 0.5) is 10.8 Å². The van der Waals surface area contributed by atoms with E-state index in [0.29, 0.717) is 20.2 Å². The molecule has 2 amide bonds. The van der Waals surface area contributed by atoms with Gasteiger partial charge < -0.3 is 10.6 Å². The lowest BCUT2D eigenvalue weighted by Gasteiger charge is -2.06. The van der Waals surface area contributed by atoms with Crippen LogP contribution in [0.2, 0.25) is 5.02 Å². The number of rotatable bonds is 7. The normalized spacial score (nSPS) is 11.8. The summed E-state index contributed by atoms with van der Waals surface area (Å²) in [6, 6.07) is 5.37. The quantitative estimate of drug-likeness (QED) is 0.539. The lowest BCUT2D eigenvalue weighted by atomic mass is 10.1. The van der Waals surface area contributed by atoms with Gasteiger partial charge in [-0.25, -0.2) is 0 Å². The summed E-state index contributed by atoms with van der Waals surface area (Å²) in [5.41, 5.74) is 1.61. The number of anilines is 2. The molecule has 2 aromatic rings. The Balaban J connectivity index is 1.83. The number of aromatic nitrogens is 2. The van der Waals surface area contributed by atoms with Crippen LogP contribution < -0.4 is 10.6 Å². The first-order valence-electron chi connectivity index (χ1n) is 7.72. The number of aryl methyl sites for hydroxylation is 1. The highest BCUT2D eigenvalue weighted by atomic mass is 35.5. The molecule has 1 aromatic carbocycles. The Bertz CT molecular complexity index is 766. The number of benzene rings is 1. The molecule has 0 saturated carbocycles. The van der Waals surface area contributed by atoms with Crippen molar-refractivity contribution in [2.75, 3.05) is 16.4 Å². The van der Waals surface area contributed by atoms with Crippen molar-refractivity contribution in [1.29, 1.82) is 0 Å². The lowest BCUT2D eigenvalue weighted by molar-refractivity contribution is -0.119. The van der Waals surface area contributed by atoms with Crippen LogP contribution in [0, 0.1) is 12.8 Å². The largest absolute Gasteiger partial charge is 0.325 e. The van der Waals surface area contributed by atoms with Crippen molar-refractivity contribution in [1.82, 2.24) is 10.2 Å². The van der Waals surface area contributed by atoms with Crippen LogP contribution in [0.5, 0.6) is 0 Å². The highest BCUT2D eigenvalue weighted by Gasteiger charge is 2.14. The number of nitrogens with zero attached hydrogens (tertiary/aromatic N) is 2. The van der Waals surface area contributed by atoms with Gasteiger partial charge in [-0.1, -0.05) is 54.6 Å². The van der Waals surface area contributed by atoms with E-state index in [-0.39, 0.29) is 23.5 Å². The SMILES string of the molecule is CCC(C)C(=O)Nc1nnc(SCC(=O)Nc2ccc(C)c(Cl)c2)s1. The minimum atomic E-state index is -0.162. The Labute approximate surface area is 159 Å². The summed E-state index contributed by atoms with van der Waals surface area (Å²) >= 11 is 8.55. The lowest BCUT2D eigenvalue weighted by Crippen LogP contribution is -2.19. The van der Waals surface area contributed by atoms with E-state index in [2.05, 4.69) is 20.8 Å². The fraction of sp³-hybridized carbons (Fsp3) is 0.375. The predicted octanol–water partition coefficient (Wildman–Crippen LogP) is 4.22. The third-order valence-electron chi connectivity index (χ3n) is 3.48. The number of carbonyl (C=O) groups excluding carboxylic acids is 2. The first-order chi connectivity index (χ1) is 11.9. The number of thioether (sulfide) groups is 1. The van der Waals surface area contributed by atoms with Crippen LogP contribution in [0.25, 0.3) is 0 Å². The van der Waals surface area contributed by atoms with Gasteiger partial charge >= 0.3 is 0 Å². The van der Waals surface area contributed by atoms with Gasteiger partial charge in [-0.3, -0.25) is 9.59 Å². The van der Waals surface area contributed by atoms with Crippen molar-refractivity contribution >= 4 is 57.3 Å². The predicted molar refractivity (Wildman–Crippen MR) is 104 cm³/mol. The van der Waals surface area contributed by atoms with Crippen LogP contribution in [0.3, 0.4) is 0 Å². The van der Waals surface area contributed by atoms with E-state index in [1.165, 1.54) is 23.1 Å². The second kappa shape index (κ2) is 9.17. The van der Waals surface area contributed by atoms with Gasteiger partial charge in [0, 0.05) is 16.6 Å². The Morgan fingerprint density at radius 2 is 2.08 bits per heavy atom. The van der Waals surface area contributed by atoms with Gasteiger partial charge in [-0.05, 0) is 31.0 Å². The van der Waals surface area contributed by atoms with Crippen molar-refractivity contribution in [2.45, 2.75) is 31.5 Å². The number of carbonyl (C=O) groups is 2. The van der Waals surface area contributed by atoms with E-state index >= 15 is 0 Å². The van der Waals surface area contributed by atoms with Gasteiger partial charge in [-0.15, -0.1) is 10.2 Å². The van der Waals surface area contributed by atoms with Gasteiger partial charge in [-0.2, -0.15) is 0 Å². The molecule has 0 radical (unpaired) electrons. The third kappa shape index (κ3) is 5.98. The zero-order valence-electron chi connectivity index (χ0n) is 14.1. The van der Waals surface area contributed by atoms with Gasteiger partial charge in [0.05, 0.1) is 5.75 Å². The first kappa shape index (κ1) is 19.7. The fourth-order valence-corrected chi connectivity index (χ4v) is 3.46. The number of halogens is 1. The van der Waals surface area contributed by atoms with Gasteiger partial charge in [0.2, 0.25) is 16.9 Å². The number of hydrogen-bond acceptors (Lipinski definition) is 6. The molecule has 25 heavy (non-hydrogen) atoms. The molecule has 6 nitrogen and oxygen atoms in total. The van der Waals surface area contributed by atoms with Crippen LogP contribution in [-0.4, -0.2) is 27.8 Å². The van der Waals surface area contributed by atoms with Crippen LogP contribution in [-0.2, 0) is 9.59 Å². The van der Waals surface area contributed by atoms with Gasteiger partial charge in [0.1, 0.15) is 0 Å². The third-order valence-corrected chi connectivity index (χ3v) is 5.86. The van der Waals surface area contributed by atoms with Gasteiger partial charge in [0.15, 0.2) is 4.34 Å². The second-order valence-corrected chi connectivity index (χ2v) is 8.08. The minimum absolute atomic E-state index is 0.0767. The molecule has 0 aliphatic rings. The summed E-state index contributed by atoms with van der Waals surface area (Å²) in [7, 11) is 0. The summed E-state index contributed by atoms with van der Waals surface area (Å²) < 4.78 is 0.622. The van der Waals surface area contributed by atoms with Crippen molar-refractivity contribution in [3.63, 3.8) is 0 Å². The van der Waals surface area contributed by atoms with Crippen molar-refractivity contribution in [3.8, 4) is 0 Å². The Kier molecular flexibility index (Phi) is 7.22. The first-order valence-corrected chi connectivity index (χ1v) is 9.90. The summed E-state index contributed by atoms with van der Waals surface area (Å²) in [6.07, 6.45) is 0.759. The van der Waals surface area contributed by atoms with Crippen LogP contribution >= 0.6 is 34.7 Å².